The van der Waals surface area contributed by atoms with Gasteiger partial charge >= 0.3 is 6.09 Å². The monoisotopic (exact) mass is 221 g/mol. The Balaban J connectivity index is 2.21. The summed E-state index contributed by atoms with van der Waals surface area (Å²) in [6.45, 7) is 5.24. The van der Waals surface area contributed by atoms with Crippen LogP contribution in [0, 0.1) is 0 Å². The van der Waals surface area contributed by atoms with E-state index in [0.717, 1.165) is 13.1 Å². The summed E-state index contributed by atoms with van der Waals surface area (Å²) in [6, 6.07) is 0. The number of nitrogens with zero attached hydrogens (tertiary/aromatic N) is 1. The van der Waals surface area contributed by atoms with Gasteiger partial charge in [-0.15, -0.1) is 0 Å². The third-order valence-corrected chi connectivity index (χ3v) is 2.01. The smallest absolute Gasteiger partial charge is 0.410 e. The maximum atomic E-state index is 11.1. The summed E-state index contributed by atoms with van der Waals surface area (Å²) in [5.41, 5.74) is 0. The summed E-state index contributed by atoms with van der Waals surface area (Å²) < 4.78 is 4.97. The Kier molecular flexibility index (Phi) is 2.76. The number of likely N-dealkylation sites (tertiary alicyclic amines) is 1. The van der Waals surface area contributed by atoms with Gasteiger partial charge < -0.3 is 9.64 Å². The third kappa shape index (κ3) is 2.36. The maximum Gasteiger partial charge on any atom is 0.410 e. The molecule has 0 atom stereocenters. The molecule has 64 valence electrons. The SMILES string of the molecule is CC(C)OC(=O)N1CC(Br)C1. The van der Waals surface area contributed by atoms with Crippen LogP contribution in [0.2, 0.25) is 0 Å². The Morgan fingerprint density at radius 3 is 2.55 bits per heavy atom. The molecule has 1 amide bonds. The Bertz CT molecular complexity index is 155. The van der Waals surface area contributed by atoms with Crippen molar-refractivity contribution in [1.29, 1.82) is 0 Å². The molecule has 0 radical (unpaired) electrons. The van der Waals surface area contributed by atoms with Crippen molar-refractivity contribution in [3.8, 4) is 0 Å². The highest BCUT2D eigenvalue weighted by Crippen LogP contribution is 2.16. The molecule has 1 saturated heterocycles. The summed E-state index contributed by atoms with van der Waals surface area (Å²) >= 11 is 3.39. The molecule has 0 aromatic heterocycles. The molecule has 0 N–H and O–H groups in total. The second-order valence-corrected chi connectivity index (χ2v) is 4.23. The Morgan fingerprint density at radius 1 is 1.64 bits per heavy atom. The molecule has 1 fully saturated rings. The molecule has 0 aromatic rings. The highest BCUT2D eigenvalue weighted by Gasteiger charge is 2.29. The number of ether oxygens (including phenoxy) is 1. The maximum absolute atomic E-state index is 11.1. The van der Waals surface area contributed by atoms with Gasteiger partial charge in [-0.25, -0.2) is 4.79 Å². The predicted molar refractivity (Wildman–Crippen MR) is 45.9 cm³/mol. The number of rotatable bonds is 1. The number of hydrogen-bond acceptors (Lipinski definition) is 2. The van der Waals surface area contributed by atoms with Crippen LogP contribution < -0.4 is 0 Å². The molecule has 4 heteroatoms. The number of amides is 1. The number of carbonyl (C=O) groups excluding carboxylic acids is 1. The normalized spacial score (nSPS) is 18.4. The predicted octanol–water partition coefficient (Wildman–Crippen LogP) is 1.61. The minimum Gasteiger partial charge on any atom is -0.447 e. The Labute approximate surface area is 74.8 Å². The number of alkyl halides is 1. The van der Waals surface area contributed by atoms with Gasteiger partial charge in [-0.2, -0.15) is 0 Å². The van der Waals surface area contributed by atoms with Crippen molar-refractivity contribution in [2.75, 3.05) is 13.1 Å². The third-order valence-electron chi connectivity index (χ3n) is 1.43. The minimum absolute atomic E-state index is 0.0168. The molecule has 1 heterocycles. The van der Waals surface area contributed by atoms with E-state index >= 15 is 0 Å². The molecule has 0 aliphatic carbocycles. The lowest BCUT2D eigenvalue weighted by atomic mass is 10.2. The first-order chi connectivity index (χ1) is 5.09. The van der Waals surface area contributed by atoms with E-state index in [1.807, 2.05) is 13.8 Å². The van der Waals surface area contributed by atoms with E-state index in [1.165, 1.54) is 0 Å². The van der Waals surface area contributed by atoms with Gasteiger partial charge in [0.15, 0.2) is 0 Å². The molecule has 1 aliphatic heterocycles. The Hall–Kier alpha value is -0.250. The van der Waals surface area contributed by atoms with Crippen molar-refractivity contribution in [2.45, 2.75) is 24.8 Å². The van der Waals surface area contributed by atoms with Gasteiger partial charge in [-0.3, -0.25) is 0 Å². The van der Waals surface area contributed by atoms with Crippen molar-refractivity contribution in [1.82, 2.24) is 4.90 Å². The number of halogens is 1. The average molecular weight is 222 g/mol. The lowest BCUT2D eigenvalue weighted by Gasteiger charge is -2.35. The largest absolute Gasteiger partial charge is 0.447 e. The van der Waals surface area contributed by atoms with E-state index in [4.69, 9.17) is 4.74 Å². The van der Waals surface area contributed by atoms with Crippen molar-refractivity contribution < 1.29 is 9.53 Å². The van der Waals surface area contributed by atoms with E-state index in [2.05, 4.69) is 15.9 Å². The molecular formula is C7H12BrNO2. The van der Waals surface area contributed by atoms with Crippen molar-refractivity contribution in [2.24, 2.45) is 0 Å². The van der Waals surface area contributed by atoms with Crippen LogP contribution in [0.1, 0.15) is 13.8 Å². The summed E-state index contributed by atoms with van der Waals surface area (Å²) in [5.74, 6) is 0. The standard InChI is InChI=1S/C7H12BrNO2/c1-5(2)11-7(10)9-3-6(8)4-9/h5-6H,3-4H2,1-2H3. The molecular weight excluding hydrogens is 210 g/mol. The number of carbonyl (C=O) groups is 1. The Morgan fingerprint density at radius 2 is 2.18 bits per heavy atom. The fourth-order valence-electron chi connectivity index (χ4n) is 0.850. The summed E-state index contributed by atoms with van der Waals surface area (Å²) in [4.78, 5) is 13.2. The van der Waals surface area contributed by atoms with Crippen LogP contribution in [0.4, 0.5) is 4.79 Å². The fourth-order valence-corrected chi connectivity index (χ4v) is 1.55. The molecule has 0 saturated carbocycles. The zero-order valence-corrected chi connectivity index (χ0v) is 8.30. The quantitative estimate of drug-likeness (QED) is 0.631. The van der Waals surface area contributed by atoms with Crippen LogP contribution in [0.15, 0.2) is 0 Å². The van der Waals surface area contributed by atoms with Crippen LogP contribution in [-0.2, 0) is 4.74 Å². The van der Waals surface area contributed by atoms with Crippen molar-refractivity contribution in [3.05, 3.63) is 0 Å². The van der Waals surface area contributed by atoms with Crippen LogP contribution in [0.25, 0.3) is 0 Å². The zero-order valence-electron chi connectivity index (χ0n) is 6.71. The van der Waals surface area contributed by atoms with Crippen LogP contribution in [0.5, 0.6) is 0 Å². The van der Waals surface area contributed by atoms with Crippen molar-refractivity contribution >= 4 is 22.0 Å². The molecule has 1 aliphatic rings. The first-order valence-electron chi connectivity index (χ1n) is 3.69. The molecule has 0 bridgehead atoms. The second kappa shape index (κ2) is 3.43. The summed E-state index contributed by atoms with van der Waals surface area (Å²) in [7, 11) is 0. The van der Waals surface area contributed by atoms with E-state index in [1.54, 1.807) is 4.90 Å². The lowest BCUT2D eigenvalue weighted by molar-refractivity contribution is 0.0614. The average Bonchev–Trinajstić information content (AvgIpc) is 1.79. The molecule has 0 spiro atoms. The van der Waals surface area contributed by atoms with E-state index in [0.29, 0.717) is 4.83 Å². The van der Waals surface area contributed by atoms with Gasteiger partial charge in [0.2, 0.25) is 0 Å². The zero-order chi connectivity index (χ0) is 8.43. The van der Waals surface area contributed by atoms with E-state index in [9.17, 15) is 4.79 Å². The van der Waals surface area contributed by atoms with Crippen LogP contribution in [0.3, 0.4) is 0 Å². The highest BCUT2D eigenvalue weighted by atomic mass is 79.9. The van der Waals surface area contributed by atoms with Gasteiger partial charge in [0, 0.05) is 13.1 Å². The van der Waals surface area contributed by atoms with E-state index < -0.39 is 0 Å². The van der Waals surface area contributed by atoms with Gasteiger partial charge in [-0.05, 0) is 13.8 Å². The summed E-state index contributed by atoms with van der Waals surface area (Å²) in [6.07, 6.45) is -0.215. The molecule has 1 rings (SSSR count). The molecule has 0 aromatic carbocycles. The summed E-state index contributed by atoms with van der Waals surface area (Å²) in [5, 5.41) is 0. The molecule has 0 unspecified atom stereocenters. The lowest BCUT2D eigenvalue weighted by Crippen LogP contribution is -2.51. The van der Waals surface area contributed by atoms with Gasteiger partial charge in [0.1, 0.15) is 0 Å². The first kappa shape index (κ1) is 8.84. The second-order valence-electron chi connectivity index (χ2n) is 2.93. The van der Waals surface area contributed by atoms with Crippen LogP contribution >= 0.6 is 15.9 Å². The highest BCUT2D eigenvalue weighted by molar-refractivity contribution is 9.09. The molecule has 3 nitrogen and oxygen atoms in total. The van der Waals surface area contributed by atoms with Gasteiger partial charge in [-0.1, -0.05) is 15.9 Å². The molecule has 11 heavy (non-hydrogen) atoms. The fraction of sp³-hybridized carbons (Fsp3) is 0.857. The van der Waals surface area contributed by atoms with Crippen LogP contribution in [-0.4, -0.2) is 35.0 Å². The first-order valence-corrected chi connectivity index (χ1v) is 4.61. The topological polar surface area (TPSA) is 29.5 Å². The van der Waals surface area contributed by atoms with Gasteiger partial charge in [0.25, 0.3) is 0 Å². The van der Waals surface area contributed by atoms with E-state index in [-0.39, 0.29) is 12.2 Å². The van der Waals surface area contributed by atoms with Crippen molar-refractivity contribution in [3.63, 3.8) is 0 Å². The number of hydrogen-bond donors (Lipinski definition) is 0. The minimum atomic E-state index is -0.198. The van der Waals surface area contributed by atoms with Gasteiger partial charge in [0.05, 0.1) is 10.9 Å².